The summed E-state index contributed by atoms with van der Waals surface area (Å²) in [6, 6.07) is 23.5. The molecule has 31 heavy (non-hydrogen) atoms. The predicted octanol–water partition coefficient (Wildman–Crippen LogP) is 5.55. The van der Waals surface area contributed by atoms with Crippen molar-refractivity contribution in [3.05, 3.63) is 83.9 Å². The highest BCUT2D eigenvalue weighted by atomic mass is 16.5. The minimum absolute atomic E-state index is 0.00805. The van der Waals surface area contributed by atoms with Gasteiger partial charge in [-0.1, -0.05) is 48.5 Å². The fourth-order valence-corrected chi connectivity index (χ4v) is 3.57. The van der Waals surface area contributed by atoms with Crippen LogP contribution < -0.4 is 14.9 Å². The number of carbonyl (C=O) groups excluding carboxylic acids is 1. The Bertz CT molecular complexity index is 1220. The van der Waals surface area contributed by atoms with Gasteiger partial charge >= 0.3 is 0 Å². The van der Waals surface area contributed by atoms with Crippen LogP contribution in [0.25, 0.3) is 21.5 Å². The van der Waals surface area contributed by atoms with Gasteiger partial charge in [0, 0.05) is 11.1 Å². The Morgan fingerprint density at radius 2 is 1.55 bits per heavy atom. The molecule has 0 aliphatic carbocycles. The monoisotopic (exact) mass is 412 g/mol. The highest BCUT2D eigenvalue weighted by Crippen LogP contribution is 2.29. The lowest BCUT2D eigenvalue weighted by Gasteiger charge is -2.14. The van der Waals surface area contributed by atoms with Gasteiger partial charge in [0.1, 0.15) is 0 Å². The number of carbonyl (C=O) groups is 1. The zero-order valence-corrected chi connectivity index (χ0v) is 17.8. The van der Waals surface area contributed by atoms with Gasteiger partial charge in [-0.3, -0.25) is 4.79 Å². The molecule has 0 heterocycles. The van der Waals surface area contributed by atoms with Gasteiger partial charge in [-0.25, -0.2) is 5.43 Å². The minimum Gasteiger partial charge on any atom is -0.493 e. The van der Waals surface area contributed by atoms with E-state index in [-0.39, 0.29) is 12.0 Å². The maximum Gasteiger partial charge on any atom is 0.271 e. The van der Waals surface area contributed by atoms with Crippen LogP contribution >= 0.6 is 0 Å². The first-order valence-corrected chi connectivity index (χ1v) is 10.2. The minimum atomic E-state index is -0.324. The molecule has 0 atom stereocenters. The Labute approximate surface area is 181 Å². The van der Waals surface area contributed by atoms with Gasteiger partial charge < -0.3 is 9.47 Å². The highest BCUT2D eigenvalue weighted by molar-refractivity contribution is 6.13. The fourth-order valence-electron chi connectivity index (χ4n) is 3.57. The summed E-state index contributed by atoms with van der Waals surface area (Å²) >= 11 is 0. The fraction of sp³-hybridized carbons (Fsp3) is 0.154. The first kappa shape index (κ1) is 20.4. The Kier molecular flexibility index (Phi) is 5.85. The quantitative estimate of drug-likeness (QED) is 0.256. The second-order valence-corrected chi connectivity index (χ2v) is 7.46. The van der Waals surface area contributed by atoms with E-state index in [0.717, 1.165) is 27.1 Å². The Balaban J connectivity index is 1.61. The van der Waals surface area contributed by atoms with E-state index in [4.69, 9.17) is 9.47 Å². The van der Waals surface area contributed by atoms with E-state index >= 15 is 0 Å². The largest absolute Gasteiger partial charge is 0.493 e. The summed E-state index contributed by atoms with van der Waals surface area (Å²) in [5, 5.41) is 8.66. The molecule has 0 unspecified atom stereocenters. The van der Waals surface area contributed by atoms with E-state index in [9.17, 15) is 4.79 Å². The van der Waals surface area contributed by atoms with E-state index in [0.29, 0.717) is 17.1 Å². The van der Waals surface area contributed by atoms with E-state index in [1.54, 1.807) is 31.5 Å². The van der Waals surface area contributed by atoms with E-state index in [2.05, 4.69) is 40.9 Å². The maximum atomic E-state index is 12.6. The summed E-state index contributed by atoms with van der Waals surface area (Å²) < 4.78 is 11.1. The molecule has 156 valence electrons. The molecule has 1 amide bonds. The number of rotatable bonds is 6. The molecule has 0 aliphatic heterocycles. The number of hydrazone groups is 1. The third-order valence-corrected chi connectivity index (χ3v) is 4.96. The van der Waals surface area contributed by atoms with Gasteiger partial charge in [0.25, 0.3) is 5.91 Å². The molecule has 0 aliphatic rings. The zero-order chi connectivity index (χ0) is 21.8. The predicted molar refractivity (Wildman–Crippen MR) is 125 cm³/mol. The first-order chi connectivity index (χ1) is 15.1. The van der Waals surface area contributed by atoms with Crippen LogP contribution in [-0.4, -0.2) is 25.3 Å². The van der Waals surface area contributed by atoms with Gasteiger partial charge in [-0.15, -0.1) is 0 Å². The molecule has 4 aromatic carbocycles. The lowest BCUT2D eigenvalue weighted by molar-refractivity contribution is 0.0954. The van der Waals surface area contributed by atoms with Crippen LogP contribution in [-0.2, 0) is 0 Å². The van der Waals surface area contributed by atoms with Crippen molar-refractivity contribution in [2.45, 2.75) is 20.0 Å². The van der Waals surface area contributed by atoms with Crippen LogP contribution in [0.15, 0.2) is 77.9 Å². The number of fused-ring (bicyclic) bond motifs is 2. The average Bonchev–Trinajstić information content (AvgIpc) is 2.78. The summed E-state index contributed by atoms with van der Waals surface area (Å²) in [5.74, 6) is 0.778. The molecule has 0 radical (unpaired) electrons. The van der Waals surface area contributed by atoms with Crippen molar-refractivity contribution in [3.63, 3.8) is 0 Å². The molecule has 0 spiro atoms. The van der Waals surface area contributed by atoms with E-state index < -0.39 is 0 Å². The Morgan fingerprint density at radius 1 is 0.903 bits per heavy atom. The summed E-state index contributed by atoms with van der Waals surface area (Å²) in [6.45, 7) is 3.87. The molecule has 4 aromatic rings. The van der Waals surface area contributed by atoms with Crippen molar-refractivity contribution < 1.29 is 14.3 Å². The number of hydrogen-bond donors (Lipinski definition) is 1. The van der Waals surface area contributed by atoms with Crippen LogP contribution in [0.5, 0.6) is 11.5 Å². The number of methoxy groups -OCH3 is 1. The molecule has 5 nitrogen and oxygen atoms in total. The second kappa shape index (κ2) is 8.88. The normalized spacial score (nSPS) is 11.4. The SMILES string of the molecule is COc1cc(C(=O)N/N=C\c2c3ccccc3cc3ccccc23)ccc1OC(C)C. The average molecular weight is 412 g/mol. The molecular weight excluding hydrogens is 388 g/mol. The first-order valence-electron chi connectivity index (χ1n) is 10.2. The van der Waals surface area contributed by atoms with Gasteiger partial charge in [0.2, 0.25) is 0 Å². The third-order valence-electron chi connectivity index (χ3n) is 4.96. The Morgan fingerprint density at radius 3 is 2.16 bits per heavy atom. The third kappa shape index (κ3) is 4.36. The summed E-state index contributed by atoms with van der Waals surface area (Å²) in [7, 11) is 1.55. The smallest absolute Gasteiger partial charge is 0.271 e. The molecule has 0 bridgehead atoms. The molecule has 5 heteroatoms. The number of hydrogen-bond acceptors (Lipinski definition) is 4. The van der Waals surface area contributed by atoms with Crippen molar-refractivity contribution >= 4 is 33.7 Å². The maximum absolute atomic E-state index is 12.6. The lowest BCUT2D eigenvalue weighted by atomic mass is 9.97. The van der Waals surface area contributed by atoms with Gasteiger partial charge in [-0.2, -0.15) is 5.10 Å². The molecule has 0 fully saturated rings. The summed E-state index contributed by atoms with van der Waals surface area (Å²) in [6.07, 6.45) is 1.71. The highest BCUT2D eigenvalue weighted by Gasteiger charge is 2.12. The number of nitrogens with one attached hydrogen (secondary N) is 1. The molecular formula is C26H24N2O3. The van der Waals surface area contributed by atoms with Gasteiger partial charge in [0.15, 0.2) is 11.5 Å². The lowest BCUT2D eigenvalue weighted by Crippen LogP contribution is -2.18. The zero-order valence-electron chi connectivity index (χ0n) is 17.8. The van der Waals surface area contributed by atoms with Gasteiger partial charge in [0.05, 0.1) is 19.4 Å². The molecule has 0 saturated heterocycles. The number of amides is 1. The van der Waals surface area contributed by atoms with Crippen molar-refractivity contribution in [2.24, 2.45) is 5.10 Å². The summed E-state index contributed by atoms with van der Waals surface area (Å²) in [4.78, 5) is 12.6. The number of ether oxygens (including phenoxy) is 2. The standard InChI is InChI=1S/C26H24N2O3/c1-17(2)31-24-13-12-20(15-25(24)30-3)26(29)28-27-16-23-21-10-6-4-8-18(21)14-19-9-5-7-11-22(19)23/h4-17H,1-3H3,(H,28,29)/b27-16-. The second-order valence-electron chi connectivity index (χ2n) is 7.46. The topological polar surface area (TPSA) is 59.9 Å². The van der Waals surface area contributed by atoms with Crippen LogP contribution in [0.1, 0.15) is 29.8 Å². The molecule has 4 rings (SSSR count). The van der Waals surface area contributed by atoms with Crippen LogP contribution in [0, 0.1) is 0 Å². The molecule has 1 N–H and O–H groups in total. The van der Waals surface area contributed by atoms with Crippen molar-refractivity contribution in [2.75, 3.05) is 7.11 Å². The van der Waals surface area contributed by atoms with Crippen molar-refractivity contribution in [3.8, 4) is 11.5 Å². The van der Waals surface area contributed by atoms with Gasteiger partial charge in [-0.05, 0) is 59.7 Å². The van der Waals surface area contributed by atoms with Crippen LogP contribution in [0.2, 0.25) is 0 Å². The van der Waals surface area contributed by atoms with Crippen molar-refractivity contribution in [1.82, 2.24) is 5.43 Å². The van der Waals surface area contributed by atoms with E-state index in [1.807, 2.05) is 38.1 Å². The van der Waals surface area contributed by atoms with Crippen molar-refractivity contribution in [1.29, 1.82) is 0 Å². The number of nitrogens with zero attached hydrogens (tertiary/aromatic N) is 1. The summed E-state index contributed by atoms with van der Waals surface area (Å²) in [5.41, 5.74) is 4.03. The Hall–Kier alpha value is -3.86. The van der Waals surface area contributed by atoms with E-state index in [1.165, 1.54) is 0 Å². The number of benzene rings is 4. The van der Waals surface area contributed by atoms with Crippen LogP contribution in [0.4, 0.5) is 0 Å². The molecule has 0 aromatic heterocycles. The van der Waals surface area contributed by atoms with Crippen LogP contribution in [0.3, 0.4) is 0 Å². The molecule has 0 saturated carbocycles.